The number of nitro benzene ring substituents is 1. The van der Waals surface area contributed by atoms with Gasteiger partial charge in [-0.1, -0.05) is 61.8 Å². The van der Waals surface area contributed by atoms with Gasteiger partial charge in [-0.25, -0.2) is 17.6 Å². The summed E-state index contributed by atoms with van der Waals surface area (Å²) in [7, 11) is 1.75. The Balaban J connectivity index is 0.000000542. The summed E-state index contributed by atoms with van der Waals surface area (Å²) in [6.07, 6.45) is 4.81. The van der Waals surface area contributed by atoms with Gasteiger partial charge < -0.3 is 56.7 Å². The van der Waals surface area contributed by atoms with Crippen LogP contribution in [-0.2, 0) is 39.1 Å². The van der Waals surface area contributed by atoms with E-state index in [0.717, 1.165) is 16.0 Å². The average Bonchev–Trinajstić information content (AvgIpc) is 1.85. The molecule has 2 aromatic heterocycles. The van der Waals surface area contributed by atoms with E-state index in [1.807, 2.05) is 180 Å². The maximum absolute atomic E-state index is 13.6. The number of nitrogens with one attached hydrogen (secondary N) is 7. The number of hydrogen-bond acceptors (Lipinski definition) is 21. The minimum atomic E-state index is -1.93. The Morgan fingerprint density at radius 1 is 0.536 bits per heavy atom. The van der Waals surface area contributed by atoms with Crippen LogP contribution in [0.3, 0.4) is 0 Å². The molecular formula is C103H125ClF4N18O13S. The standard InChI is InChI=1S/C14H15N3O3.C14H18N2O2.C14H18N2OS.C14H18N2O.C14H17NO.C11H14ClNO3.C11H10F4N4O.C11H15N3O/c1-14(2,3)16-13(18)10-6-7-11(17(19)20)9-5-4-8-15-12(9)10;2*1-10(13(17)16-14(2,3)4)18-12-7-5-11(9-15)6-8-12;1-14(2,3)16-13(17)9-8-11-4-6-12(10-15)7-5-11;1-14(2,3)9-13(16)8-11-4-6-12(10-15)7-5-11;1-11(2,3)13-10(16)6-4-5-7(14)9(15)8(6)12;1-11(2,3)17-10(20)4-5(12)7(14)9(18-19-16)8(15)6(4)13;1-11(2,3)13-10(15)9-5-8(6-12)7-14(9)4/h4-8H,1-3H3,(H,16,18);2*5-8,10H,1-4H3,(H,16,17);4-7H,8-9H2,1-3H3,(H,16,17);4-7H,8-9H2,1-3H3;4-5,14-15H,1-3H3,(H,13,16);1-3H3,(H,17,20);5,7H,1-4H3,(H,13,15). The third kappa shape index (κ3) is 45.8. The van der Waals surface area contributed by atoms with Crippen molar-refractivity contribution in [3.05, 3.63) is 262 Å². The molecule has 0 aliphatic carbocycles. The number of aryl methyl sites for hydroxylation is 2. The van der Waals surface area contributed by atoms with Crippen LogP contribution in [0.2, 0.25) is 5.02 Å². The number of non-ortho nitro benzene ring substituents is 1. The number of nitro groups is 1. The van der Waals surface area contributed by atoms with E-state index in [1.165, 1.54) is 63.0 Å². The molecule has 7 aromatic carbocycles. The maximum atomic E-state index is 13.6. The van der Waals surface area contributed by atoms with Crippen molar-refractivity contribution in [3.8, 4) is 47.6 Å². The Labute approximate surface area is 825 Å². The number of benzene rings is 7. The number of nitriles is 5. The van der Waals surface area contributed by atoms with Crippen molar-refractivity contribution in [1.29, 1.82) is 26.3 Å². The van der Waals surface area contributed by atoms with E-state index in [4.69, 9.17) is 48.2 Å². The summed E-state index contributed by atoms with van der Waals surface area (Å²) >= 11 is 7.24. The molecular weight excluding hydrogens is 1840 g/mol. The first-order chi connectivity index (χ1) is 64.4. The summed E-state index contributed by atoms with van der Waals surface area (Å²) < 4.78 is 61.3. The number of azide groups is 1. The van der Waals surface area contributed by atoms with Gasteiger partial charge >= 0.3 is 0 Å². The number of carbonyl (C=O) groups excluding carboxylic acids is 8. The van der Waals surface area contributed by atoms with Crippen molar-refractivity contribution in [3.63, 3.8) is 0 Å². The second-order valence-corrected chi connectivity index (χ2v) is 41.8. The van der Waals surface area contributed by atoms with Crippen LogP contribution in [0.4, 0.5) is 28.9 Å². The van der Waals surface area contributed by atoms with Crippen molar-refractivity contribution in [2.24, 2.45) is 17.6 Å². The van der Waals surface area contributed by atoms with Gasteiger partial charge in [0.25, 0.3) is 35.2 Å². The molecule has 31 nitrogen and oxygen atoms in total. The molecule has 0 aliphatic heterocycles. The van der Waals surface area contributed by atoms with Gasteiger partial charge in [0, 0.05) is 93.3 Å². The first kappa shape index (κ1) is 121. The van der Waals surface area contributed by atoms with E-state index in [1.54, 1.807) is 104 Å². The van der Waals surface area contributed by atoms with E-state index >= 15 is 0 Å². The fourth-order valence-electron chi connectivity index (χ4n) is 11.4. The van der Waals surface area contributed by atoms with Crippen LogP contribution < -0.4 is 42.0 Å². The van der Waals surface area contributed by atoms with Crippen LogP contribution >= 0.6 is 23.4 Å². The lowest BCUT2D eigenvalue weighted by Crippen LogP contribution is -2.46. The molecule has 9 aromatic rings. The Morgan fingerprint density at radius 3 is 1.36 bits per heavy atom. The first-order valence-corrected chi connectivity index (χ1v) is 44.9. The highest BCUT2D eigenvalue weighted by Gasteiger charge is 2.32. The molecule has 0 radical (unpaired) electrons. The molecule has 9 rings (SSSR count). The summed E-state index contributed by atoms with van der Waals surface area (Å²) in [4.78, 5) is 112. The fourth-order valence-corrected chi connectivity index (χ4v) is 12.5. The lowest BCUT2D eigenvalue weighted by Gasteiger charge is -2.23. The highest BCUT2D eigenvalue weighted by Crippen LogP contribution is 2.37. The molecule has 37 heteroatoms. The third-order valence-corrected chi connectivity index (χ3v) is 18.7. The number of pyridine rings is 1. The molecule has 2 atom stereocenters. The fraction of sp³-hybridized carbons (Fsp3) is 0.398. The Morgan fingerprint density at radius 2 is 0.943 bits per heavy atom. The Kier molecular flexibility index (Phi) is 46.5. The summed E-state index contributed by atoms with van der Waals surface area (Å²) in [6, 6.07) is 48.8. The molecule has 0 saturated heterocycles. The predicted molar refractivity (Wildman–Crippen MR) is 532 cm³/mol. The molecule has 0 bridgehead atoms. The highest BCUT2D eigenvalue weighted by molar-refractivity contribution is 8.00. The quantitative estimate of drug-likeness (QED) is 0.00443. The van der Waals surface area contributed by atoms with Crippen LogP contribution in [0.25, 0.3) is 21.3 Å². The Bertz CT molecular complexity index is 6000. The molecule has 7 amide bonds. The van der Waals surface area contributed by atoms with Crippen molar-refractivity contribution >= 4 is 92.8 Å². The van der Waals surface area contributed by atoms with Crippen LogP contribution in [0.1, 0.15) is 273 Å². The van der Waals surface area contributed by atoms with Crippen molar-refractivity contribution in [1.82, 2.24) is 46.8 Å². The number of amides is 7. The number of phenols is 2. The number of rotatable bonds is 18. The molecule has 2 heterocycles. The predicted octanol–water partition coefficient (Wildman–Crippen LogP) is 20.8. The van der Waals surface area contributed by atoms with Gasteiger partial charge in [0.2, 0.25) is 11.8 Å². The minimum absolute atomic E-state index is 0.0249. The summed E-state index contributed by atoms with van der Waals surface area (Å²) in [5.41, 5.74) is 8.94. The lowest BCUT2D eigenvalue weighted by molar-refractivity contribution is -0.383. The summed E-state index contributed by atoms with van der Waals surface area (Å²) in [5.74, 6) is -9.97. The number of ketones is 1. The average molecular weight is 1970 g/mol. The number of thioether (sulfide) groups is 1. The summed E-state index contributed by atoms with van der Waals surface area (Å²) in [6.45, 7) is 48.7. The van der Waals surface area contributed by atoms with E-state index in [-0.39, 0.29) is 95.7 Å². The van der Waals surface area contributed by atoms with Gasteiger partial charge in [-0.15, -0.1) is 11.8 Å². The second-order valence-electron chi connectivity index (χ2n) is 40.0. The maximum Gasteiger partial charge on any atom is 0.278 e. The summed E-state index contributed by atoms with van der Waals surface area (Å²) in [5, 5.41) is 94.8. The largest absolute Gasteiger partial charge is 0.504 e. The van der Waals surface area contributed by atoms with Crippen LogP contribution in [0, 0.1) is 95.5 Å². The van der Waals surface area contributed by atoms with Gasteiger partial charge in [0.15, 0.2) is 40.9 Å². The smallest absolute Gasteiger partial charge is 0.278 e. The number of carbonyl (C=O) groups is 8. The monoisotopic (exact) mass is 1960 g/mol. The number of fused-ring (bicyclic) bond motifs is 1. The minimum Gasteiger partial charge on any atom is -0.504 e. The van der Waals surface area contributed by atoms with Crippen LogP contribution in [0.15, 0.2) is 162 Å². The highest BCUT2D eigenvalue weighted by atomic mass is 35.5. The molecule has 9 N–H and O–H groups in total. The van der Waals surface area contributed by atoms with E-state index in [2.05, 4.69) is 91.2 Å². The van der Waals surface area contributed by atoms with Crippen molar-refractivity contribution < 1.29 is 75.8 Å². The zero-order valence-corrected chi connectivity index (χ0v) is 85.6. The SMILES string of the molecule is CC(C)(C)CC(=O)Cc1ccc(C#N)cc1.CC(C)(C)NC(=O)CCc1ccc(C#N)cc1.CC(C)(C)NC(=O)c1c(F)c(F)c(N=[N+]=[N-])c(F)c1F.CC(C)(C)NC(=O)c1ccc(O)c(O)c1Cl.CC(C)(C)NC(=O)c1ccc([N+](=O)[O-])c2cccnc12.CC(Oc1ccc(C#N)cc1)C(=O)NC(C)(C)C.CC(Sc1ccc(C#N)cc1)C(=O)NC(C)(C)C.Cn1cc(C#N)cc1C(=O)NC(C)(C)C. The van der Waals surface area contributed by atoms with Crippen molar-refractivity contribution in [2.45, 2.75) is 261 Å². The number of phenolic OH excluding ortho intramolecular Hbond substituents is 2. The van der Waals surface area contributed by atoms with Gasteiger partial charge in [-0.2, -0.15) is 26.3 Å². The molecule has 0 spiro atoms. The van der Waals surface area contributed by atoms with Gasteiger partial charge in [-0.3, -0.25) is 53.5 Å². The van der Waals surface area contributed by atoms with Crippen LogP contribution in [0.5, 0.6) is 17.2 Å². The molecule has 0 saturated carbocycles. The first-order valence-electron chi connectivity index (χ1n) is 43.7. The number of Topliss-reactive ketones (excluding diaryl/α,β-unsaturated/α-hetero) is 1. The van der Waals surface area contributed by atoms with Gasteiger partial charge in [-0.05, 0) is 297 Å². The van der Waals surface area contributed by atoms with E-state index < -0.39 is 74.2 Å². The number of halogens is 5. The molecule has 140 heavy (non-hydrogen) atoms. The third-order valence-electron chi connectivity index (χ3n) is 17.2. The number of hydrogen-bond donors (Lipinski definition) is 9. The molecule has 2 unspecified atom stereocenters. The lowest BCUT2D eigenvalue weighted by atomic mass is 9.88. The number of aromatic nitrogens is 2. The zero-order chi connectivity index (χ0) is 107. The van der Waals surface area contributed by atoms with Crippen LogP contribution in [-0.4, -0.2) is 122 Å². The molecule has 0 fully saturated rings. The normalized spacial score (nSPS) is 11.4. The number of aromatic hydroxyl groups is 2. The Hall–Kier alpha value is -14.9. The molecule has 746 valence electrons. The number of ether oxygens (including phenoxy) is 1. The second kappa shape index (κ2) is 53.7. The van der Waals surface area contributed by atoms with Gasteiger partial charge in [0.1, 0.15) is 34.5 Å². The van der Waals surface area contributed by atoms with Gasteiger partial charge in [0.05, 0.1) is 89.3 Å². The zero-order valence-electron chi connectivity index (χ0n) is 84.0. The number of nitrogens with zero attached hydrogens (tertiary/aromatic N) is 11. The van der Waals surface area contributed by atoms with Crippen molar-refractivity contribution in [2.75, 3.05) is 0 Å². The topological polar surface area (TPSA) is 499 Å². The van der Waals surface area contributed by atoms with E-state index in [0.29, 0.717) is 81.4 Å². The molecule has 0 aliphatic rings. The van der Waals surface area contributed by atoms with E-state index in [9.17, 15) is 76.2 Å².